The van der Waals surface area contributed by atoms with Crippen molar-refractivity contribution in [2.75, 3.05) is 13.6 Å². The molecule has 112 valence electrons. The first-order valence-corrected chi connectivity index (χ1v) is 7.23. The number of nitrogens with one attached hydrogen (secondary N) is 1. The van der Waals surface area contributed by atoms with Crippen molar-refractivity contribution in [3.63, 3.8) is 0 Å². The minimum absolute atomic E-state index is 0.0103. The molecule has 0 aliphatic rings. The van der Waals surface area contributed by atoms with E-state index in [9.17, 15) is 4.79 Å². The molecule has 0 aliphatic carbocycles. The molecule has 2 unspecified atom stereocenters. The maximum atomic E-state index is 11.9. The molecule has 1 aromatic rings. The smallest absolute Gasteiger partial charge is 0.224 e. The van der Waals surface area contributed by atoms with Gasteiger partial charge >= 0.3 is 0 Å². The van der Waals surface area contributed by atoms with Crippen LogP contribution < -0.4 is 11.1 Å². The molecular formula is C16H27N3O. The molecule has 0 heterocycles. The molecule has 0 bridgehead atoms. The number of hydrogen-bond acceptors (Lipinski definition) is 3. The third kappa shape index (κ3) is 5.31. The van der Waals surface area contributed by atoms with E-state index in [-0.39, 0.29) is 17.9 Å². The number of hydrogen-bond donors (Lipinski definition) is 2. The fraction of sp³-hybridized carbons (Fsp3) is 0.562. The predicted molar refractivity (Wildman–Crippen MR) is 83.1 cm³/mol. The van der Waals surface area contributed by atoms with Gasteiger partial charge in [-0.25, -0.2) is 0 Å². The molecule has 4 heteroatoms. The molecule has 0 aromatic heterocycles. The first kappa shape index (κ1) is 16.7. The summed E-state index contributed by atoms with van der Waals surface area (Å²) in [5.41, 5.74) is 8.12. The normalized spacial score (nSPS) is 14.1. The van der Waals surface area contributed by atoms with Crippen LogP contribution in [0.5, 0.6) is 0 Å². The number of nitrogens with two attached hydrogens (primary N) is 1. The molecular weight excluding hydrogens is 250 g/mol. The SMILES string of the molecule is CCN(C)Cc1cccc(CNC(=O)C(C)C(C)N)c1. The zero-order chi connectivity index (χ0) is 15.1. The lowest BCUT2D eigenvalue weighted by atomic mass is 10.0. The van der Waals surface area contributed by atoms with Gasteiger partial charge in [-0.15, -0.1) is 0 Å². The highest BCUT2D eigenvalue weighted by molar-refractivity contribution is 5.78. The van der Waals surface area contributed by atoms with Crippen molar-refractivity contribution in [1.29, 1.82) is 0 Å². The molecule has 0 radical (unpaired) electrons. The fourth-order valence-corrected chi connectivity index (χ4v) is 1.85. The van der Waals surface area contributed by atoms with Gasteiger partial charge in [0.15, 0.2) is 0 Å². The van der Waals surface area contributed by atoms with Gasteiger partial charge in [-0.2, -0.15) is 0 Å². The number of carbonyl (C=O) groups excluding carboxylic acids is 1. The van der Waals surface area contributed by atoms with E-state index in [4.69, 9.17) is 5.73 Å². The van der Waals surface area contributed by atoms with Crippen LogP contribution in [0.2, 0.25) is 0 Å². The molecule has 3 N–H and O–H groups in total. The summed E-state index contributed by atoms with van der Waals surface area (Å²) in [6.45, 7) is 8.35. The van der Waals surface area contributed by atoms with E-state index in [0.29, 0.717) is 6.54 Å². The highest BCUT2D eigenvalue weighted by Crippen LogP contribution is 2.08. The van der Waals surface area contributed by atoms with Gasteiger partial charge in [0.2, 0.25) is 5.91 Å². The molecule has 1 rings (SSSR count). The summed E-state index contributed by atoms with van der Waals surface area (Å²) in [6, 6.07) is 8.20. The van der Waals surface area contributed by atoms with E-state index in [2.05, 4.69) is 36.3 Å². The van der Waals surface area contributed by atoms with Crippen LogP contribution in [-0.2, 0) is 17.9 Å². The van der Waals surface area contributed by atoms with Crippen LogP contribution in [0.25, 0.3) is 0 Å². The van der Waals surface area contributed by atoms with Crippen LogP contribution in [0, 0.1) is 5.92 Å². The highest BCUT2D eigenvalue weighted by atomic mass is 16.1. The largest absolute Gasteiger partial charge is 0.352 e. The Hall–Kier alpha value is -1.39. The lowest BCUT2D eigenvalue weighted by Gasteiger charge is -2.16. The molecule has 0 saturated carbocycles. The van der Waals surface area contributed by atoms with Gasteiger partial charge in [0.25, 0.3) is 0 Å². The third-order valence-corrected chi connectivity index (χ3v) is 3.65. The van der Waals surface area contributed by atoms with Gasteiger partial charge < -0.3 is 16.0 Å². The Kier molecular flexibility index (Phi) is 6.68. The second kappa shape index (κ2) is 8.02. The highest BCUT2D eigenvalue weighted by Gasteiger charge is 2.16. The summed E-state index contributed by atoms with van der Waals surface area (Å²) in [6.07, 6.45) is 0. The van der Waals surface area contributed by atoms with Crippen molar-refractivity contribution in [1.82, 2.24) is 10.2 Å². The average molecular weight is 277 g/mol. The number of benzene rings is 1. The van der Waals surface area contributed by atoms with E-state index in [0.717, 1.165) is 18.7 Å². The first-order chi connectivity index (χ1) is 9.43. The first-order valence-electron chi connectivity index (χ1n) is 7.23. The topological polar surface area (TPSA) is 58.4 Å². The molecule has 0 fully saturated rings. The second-order valence-corrected chi connectivity index (χ2v) is 5.52. The zero-order valence-electron chi connectivity index (χ0n) is 13.0. The van der Waals surface area contributed by atoms with Crippen LogP contribution in [0.1, 0.15) is 31.9 Å². The molecule has 0 spiro atoms. The molecule has 0 saturated heterocycles. The number of carbonyl (C=O) groups is 1. The Morgan fingerprint density at radius 1 is 1.35 bits per heavy atom. The average Bonchev–Trinajstić information content (AvgIpc) is 2.44. The zero-order valence-corrected chi connectivity index (χ0v) is 13.0. The van der Waals surface area contributed by atoms with Crippen LogP contribution in [0.4, 0.5) is 0 Å². The Bertz CT molecular complexity index is 431. The minimum Gasteiger partial charge on any atom is -0.352 e. The monoisotopic (exact) mass is 277 g/mol. The summed E-state index contributed by atoms with van der Waals surface area (Å²) in [5, 5.41) is 2.94. The lowest BCUT2D eigenvalue weighted by Crippen LogP contribution is -2.38. The van der Waals surface area contributed by atoms with Crippen molar-refractivity contribution in [2.24, 2.45) is 11.7 Å². The van der Waals surface area contributed by atoms with Gasteiger partial charge in [-0.1, -0.05) is 38.1 Å². The minimum atomic E-state index is -0.163. The maximum absolute atomic E-state index is 11.9. The summed E-state index contributed by atoms with van der Waals surface area (Å²) in [4.78, 5) is 14.1. The summed E-state index contributed by atoms with van der Waals surface area (Å²) < 4.78 is 0. The van der Waals surface area contributed by atoms with Gasteiger partial charge in [-0.3, -0.25) is 4.79 Å². The van der Waals surface area contributed by atoms with E-state index >= 15 is 0 Å². The molecule has 4 nitrogen and oxygen atoms in total. The van der Waals surface area contributed by atoms with Crippen LogP contribution >= 0.6 is 0 Å². The van der Waals surface area contributed by atoms with Crippen molar-refractivity contribution in [2.45, 2.75) is 39.9 Å². The Morgan fingerprint density at radius 2 is 2.00 bits per heavy atom. The fourth-order valence-electron chi connectivity index (χ4n) is 1.85. The molecule has 1 amide bonds. The van der Waals surface area contributed by atoms with Crippen molar-refractivity contribution >= 4 is 5.91 Å². The Morgan fingerprint density at radius 3 is 2.60 bits per heavy atom. The Labute approximate surface area is 122 Å². The summed E-state index contributed by atoms with van der Waals surface area (Å²) >= 11 is 0. The van der Waals surface area contributed by atoms with E-state index in [1.54, 1.807) is 0 Å². The van der Waals surface area contributed by atoms with Gasteiger partial charge in [0.1, 0.15) is 0 Å². The van der Waals surface area contributed by atoms with Crippen molar-refractivity contribution < 1.29 is 4.79 Å². The Balaban J connectivity index is 2.56. The molecule has 20 heavy (non-hydrogen) atoms. The number of amides is 1. The lowest BCUT2D eigenvalue weighted by molar-refractivity contribution is -0.125. The van der Waals surface area contributed by atoms with Crippen molar-refractivity contribution in [3.05, 3.63) is 35.4 Å². The summed E-state index contributed by atoms with van der Waals surface area (Å²) in [5.74, 6) is -0.152. The second-order valence-electron chi connectivity index (χ2n) is 5.52. The van der Waals surface area contributed by atoms with Gasteiger partial charge in [-0.05, 0) is 31.6 Å². The summed E-state index contributed by atoms with van der Waals surface area (Å²) in [7, 11) is 2.10. The third-order valence-electron chi connectivity index (χ3n) is 3.65. The number of nitrogens with zero attached hydrogens (tertiary/aromatic N) is 1. The molecule has 2 atom stereocenters. The van der Waals surface area contributed by atoms with Crippen LogP contribution in [0.15, 0.2) is 24.3 Å². The molecule has 0 aliphatic heterocycles. The van der Waals surface area contributed by atoms with E-state index in [1.807, 2.05) is 26.0 Å². The quantitative estimate of drug-likeness (QED) is 0.798. The molecule has 1 aromatic carbocycles. The van der Waals surface area contributed by atoms with Crippen molar-refractivity contribution in [3.8, 4) is 0 Å². The predicted octanol–water partition coefficient (Wildman–Crippen LogP) is 1.74. The van der Waals surface area contributed by atoms with Gasteiger partial charge in [0.05, 0.1) is 0 Å². The number of rotatable bonds is 7. The van der Waals surface area contributed by atoms with Crippen LogP contribution in [-0.4, -0.2) is 30.4 Å². The standard InChI is InChI=1S/C16H27N3O/c1-5-19(4)11-15-8-6-7-14(9-15)10-18-16(20)12(2)13(3)17/h6-9,12-13H,5,10-11,17H2,1-4H3,(H,18,20). The van der Waals surface area contributed by atoms with E-state index in [1.165, 1.54) is 5.56 Å². The van der Waals surface area contributed by atoms with Gasteiger partial charge in [0, 0.05) is 25.0 Å². The maximum Gasteiger partial charge on any atom is 0.224 e. The van der Waals surface area contributed by atoms with E-state index < -0.39 is 0 Å². The van der Waals surface area contributed by atoms with Crippen LogP contribution in [0.3, 0.4) is 0 Å².